The van der Waals surface area contributed by atoms with E-state index < -0.39 is 5.60 Å². The molecule has 1 N–H and O–H groups in total. The molecule has 3 nitrogen and oxygen atoms in total. The van der Waals surface area contributed by atoms with Crippen molar-refractivity contribution < 1.29 is 9.53 Å². The predicted molar refractivity (Wildman–Crippen MR) is 62.9 cm³/mol. The van der Waals surface area contributed by atoms with E-state index in [0.717, 1.165) is 12.8 Å². The first-order valence-corrected chi connectivity index (χ1v) is 5.75. The summed E-state index contributed by atoms with van der Waals surface area (Å²) < 4.78 is 5.21. The van der Waals surface area contributed by atoms with E-state index >= 15 is 0 Å². The van der Waals surface area contributed by atoms with Gasteiger partial charge in [-0.25, -0.2) is 4.79 Å². The number of hydrogen-bond donors (Lipinski definition) is 1. The van der Waals surface area contributed by atoms with Crippen LogP contribution in [0, 0.1) is 5.92 Å². The molecule has 0 aromatic rings. The van der Waals surface area contributed by atoms with Gasteiger partial charge >= 0.3 is 6.09 Å². The average molecular weight is 215 g/mol. The van der Waals surface area contributed by atoms with Crippen LogP contribution >= 0.6 is 0 Å². The number of amides is 1. The first-order valence-electron chi connectivity index (χ1n) is 5.75. The molecule has 3 heteroatoms. The molecule has 1 unspecified atom stereocenters. The summed E-state index contributed by atoms with van der Waals surface area (Å²) in [5.41, 5.74) is -0.419. The van der Waals surface area contributed by atoms with E-state index in [-0.39, 0.29) is 12.1 Å². The average Bonchev–Trinajstić information content (AvgIpc) is 1.99. The van der Waals surface area contributed by atoms with Gasteiger partial charge in [-0.15, -0.1) is 0 Å². The summed E-state index contributed by atoms with van der Waals surface area (Å²) in [5.74, 6) is 0.442. The van der Waals surface area contributed by atoms with Crippen molar-refractivity contribution in [1.82, 2.24) is 5.32 Å². The Balaban J connectivity index is 4.11. The zero-order valence-electron chi connectivity index (χ0n) is 10.9. The second-order valence-electron chi connectivity index (χ2n) is 5.29. The number of hydrogen-bond acceptors (Lipinski definition) is 2. The van der Waals surface area contributed by atoms with Crippen molar-refractivity contribution in [3.8, 4) is 0 Å². The van der Waals surface area contributed by atoms with Crippen molar-refractivity contribution >= 4 is 6.09 Å². The van der Waals surface area contributed by atoms with E-state index in [2.05, 4.69) is 26.1 Å². The molecule has 0 saturated carbocycles. The molecular formula is C12H25NO2. The molecule has 1 atom stereocenters. The van der Waals surface area contributed by atoms with Gasteiger partial charge in [0.15, 0.2) is 0 Å². The predicted octanol–water partition coefficient (Wildman–Crippen LogP) is 3.34. The molecule has 0 spiro atoms. The number of alkyl carbamates (subject to hydrolysis) is 1. The Morgan fingerprint density at radius 2 is 1.87 bits per heavy atom. The quantitative estimate of drug-likeness (QED) is 0.781. The smallest absolute Gasteiger partial charge is 0.407 e. The topological polar surface area (TPSA) is 38.3 Å². The maximum atomic E-state index is 11.5. The lowest BCUT2D eigenvalue weighted by Crippen LogP contribution is -2.41. The van der Waals surface area contributed by atoms with Gasteiger partial charge in [-0.3, -0.25) is 0 Å². The Morgan fingerprint density at radius 3 is 2.20 bits per heavy atom. The van der Waals surface area contributed by atoms with Gasteiger partial charge in [0, 0.05) is 6.04 Å². The highest BCUT2D eigenvalue weighted by Crippen LogP contribution is 2.11. The van der Waals surface area contributed by atoms with E-state index in [1.807, 2.05) is 20.8 Å². The molecule has 0 rings (SSSR count). The Hall–Kier alpha value is -0.730. The highest BCUT2D eigenvalue weighted by molar-refractivity contribution is 5.68. The molecule has 0 heterocycles. The highest BCUT2D eigenvalue weighted by Gasteiger charge is 2.20. The van der Waals surface area contributed by atoms with Gasteiger partial charge in [0.2, 0.25) is 0 Å². The lowest BCUT2D eigenvalue weighted by atomic mass is 10.00. The number of nitrogens with one attached hydrogen (secondary N) is 1. The third kappa shape index (κ3) is 7.23. The van der Waals surface area contributed by atoms with Gasteiger partial charge in [-0.1, -0.05) is 27.2 Å². The van der Waals surface area contributed by atoms with E-state index in [0.29, 0.717) is 5.92 Å². The van der Waals surface area contributed by atoms with Crippen LogP contribution in [0.25, 0.3) is 0 Å². The minimum atomic E-state index is -0.419. The van der Waals surface area contributed by atoms with Gasteiger partial charge in [0.25, 0.3) is 0 Å². The van der Waals surface area contributed by atoms with Crippen molar-refractivity contribution in [1.29, 1.82) is 0 Å². The molecule has 0 aliphatic carbocycles. The maximum absolute atomic E-state index is 11.5. The van der Waals surface area contributed by atoms with Crippen molar-refractivity contribution in [2.45, 2.75) is 66.0 Å². The largest absolute Gasteiger partial charge is 0.444 e. The van der Waals surface area contributed by atoms with Crippen molar-refractivity contribution in [2.75, 3.05) is 0 Å². The fraction of sp³-hybridized carbons (Fsp3) is 0.917. The second kappa shape index (κ2) is 5.99. The first kappa shape index (κ1) is 14.3. The van der Waals surface area contributed by atoms with Crippen molar-refractivity contribution in [3.63, 3.8) is 0 Å². The second-order valence-corrected chi connectivity index (χ2v) is 5.29. The zero-order valence-corrected chi connectivity index (χ0v) is 10.9. The molecule has 90 valence electrons. The lowest BCUT2D eigenvalue weighted by Gasteiger charge is -2.25. The normalized spacial score (nSPS) is 13.8. The van der Waals surface area contributed by atoms with Crippen LogP contribution in [0.1, 0.15) is 54.4 Å². The van der Waals surface area contributed by atoms with Crippen molar-refractivity contribution in [2.24, 2.45) is 5.92 Å². The van der Waals surface area contributed by atoms with Gasteiger partial charge in [0.05, 0.1) is 0 Å². The van der Waals surface area contributed by atoms with Crippen LogP contribution in [0.4, 0.5) is 4.79 Å². The SMILES string of the molecule is CCCC(NC(=O)OC(C)(C)C)C(C)C. The summed E-state index contributed by atoms with van der Waals surface area (Å²) in [5, 5.41) is 2.91. The minimum Gasteiger partial charge on any atom is -0.444 e. The Kier molecular flexibility index (Phi) is 5.69. The van der Waals surface area contributed by atoms with Gasteiger partial charge in [-0.2, -0.15) is 0 Å². The number of ether oxygens (including phenoxy) is 1. The van der Waals surface area contributed by atoms with Gasteiger partial charge in [-0.05, 0) is 33.1 Å². The summed E-state index contributed by atoms with van der Waals surface area (Å²) in [6.07, 6.45) is 1.75. The summed E-state index contributed by atoms with van der Waals surface area (Å²) in [7, 11) is 0. The highest BCUT2D eigenvalue weighted by atomic mass is 16.6. The van der Waals surface area contributed by atoms with Crippen LogP contribution in [0.3, 0.4) is 0 Å². The third-order valence-corrected chi connectivity index (χ3v) is 2.11. The summed E-state index contributed by atoms with van der Waals surface area (Å²) >= 11 is 0. The molecule has 0 fully saturated rings. The van der Waals surface area contributed by atoms with E-state index in [9.17, 15) is 4.79 Å². The minimum absolute atomic E-state index is 0.213. The number of carbonyl (C=O) groups is 1. The summed E-state index contributed by atoms with van der Waals surface area (Å²) in [6.45, 7) is 12.0. The summed E-state index contributed by atoms with van der Waals surface area (Å²) in [4.78, 5) is 11.5. The molecule has 0 bridgehead atoms. The van der Waals surface area contributed by atoms with E-state index in [1.54, 1.807) is 0 Å². The molecule has 0 aliphatic heterocycles. The molecule has 0 radical (unpaired) electrons. The molecule has 15 heavy (non-hydrogen) atoms. The van der Waals surface area contributed by atoms with E-state index in [4.69, 9.17) is 4.74 Å². The monoisotopic (exact) mass is 215 g/mol. The fourth-order valence-electron chi connectivity index (χ4n) is 1.34. The molecule has 0 saturated heterocycles. The van der Waals surface area contributed by atoms with Crippen molar-refractivity contribution in [3.05, 3.63) is 0 Å². The fourth-order valence-corrected chi connectivity index (χ4v) is 1.34. The molecule has 0 aliphatic rings. The Labute approximate surface area is 93.6 Å². The van der Waals surface area contributed by atoms with Crippen LogP contribution < -0.4 is 5.32 Å². The molecular weight excluding hydrogens is 190 g/mol. The van der Waals surface area contributed by atoms with Crippen LogP contribution in [0.2, 0.25) is 0 Å². The number of carbonyl (C=O) groups excluding carboxylic acids is 1. The lowest BCUT2D eigenvalue weighted by molar-refractivity contribution is 0.0487. The molecule has 1 amide bonds. The third-order valence-electron chi connectivity index (χ3n) is 2.11. The Morgan fingerprint density at radius 1 is 1.33 bits per heavy atom. The first-order chi connectivity index (χ1) is 6.76. The zero-order chi connectivity index (χ0) is 12.1. The van der Waals surface area contributed by atoms with Crippen LogP contribution in [0.5, 0.6) is 0 Å². The summed E-state index contributed by atoms with van der Waals surface area (Å²) in [6, 6.07) is 0.213. The maximum Gasteiger partial charge on any atom is 0.407 e. The van der Waals surface area contributed by atoms with Crippen LogP contribution in [-0.2, 0) is 4.74 Å². The van der Waals surface area contributed by atoms with Crippen LogP contribution in [0.15, 0.2) is 0 Å². The Bertz CT molecular complexity index is 194. The van der Waals surface area contributed by atoms with E-state index in [1.165, 1.54) is 0 Å². The number of rotatable bonds is 4. The van der Waals surface area contributed by atoms with Crippen LogP contribution in [-0.4, -0.2) is 17.7 Å². The molecule has 0 aromatic heterocycles. The molecule has 0 aromatic carbocycles. The van der Waals surface area contributed by atoms with Gasteiger partial charge in [0.1, 0.15) is 5.60 Å². The standard InChI is InChI=1S/C12H25NO2/c1-7-8-10(9(2)3)13-11(14)15-12(4,5)6/h9-10H,7-8H2,1-6H3,(H,13,14). The van der Waals surface area contributed by atoms with Gasteiger partial charge < -0.3 is 10.1 Å².